The van der Waals surface area contributed by atoms with Crippen molar-refractivity contribution < 1.29 is 14.2 Å². The van der Waals surface area contributed by atoms with Gasteiger partial charge in [0.1, 0.15) is 6.61 Å². The Bertz CT molecular complexity index is 446. The molecule has 0 bridgehead atoms. The van der Waals surface area contributed by atoms with Crippen molar-refractivity contribution in [3.8, 4) is 11.5 Å². The summed E-state index contributed by atoms with van der Waals surface area (Å²) < 4.78 is 16.6. The number of benzene rings is 1. The van der Waals surface area contributed by atoms with Gasteiger partial charge < -0.3 is 19.5 Å². The summed E-state index contributed by atoms with van der Waals surface area (Å²) in [5.74, 6) is 1.49. The van der Waals surface area contributed by atoms with Crippen LogP contribution in [0.15, 0.2) is 24.3 Å². The molecule has 1 rings (SSSR count). The summed E-state index contributed by atoms with van der Waals surface area (Å²) in [6, 6.07) is 6.44. The molecule has 0 aliphatic heterocycles. The number of ether oxygens (including phenoxy) is 3. The molecule has 0 radical (unpaired) electrons. The summed E-state index contributed by atoms with van der Waals surface area (Å²) in [4.78, 5) is 0. The molecule has 0 aliphatic rings. The SMILES string of the molecule is CC=Cc1ccc(OCCOCCNC(C)CC)c(OC)c1. The van der Waals surface area contributed by atoms with E-state index >= 15 is 0 Å². The molecule has 4 heteroatoms. The zero-order valence-corrected chi connectivity index (χ0v) is 14.2. The lowest BCUT2D eigenvalue weighted by molar-refractivity contribution is 0.0994. The van der Waals surface area contributed by atoms with E-state index in [2.05, 4.69) is 19.2 Å². The molecule has 1 N–H and O–H groups in total. The van der Waals surface area contributed by atoms with E-state index in [0.29, 0.717) is 25.9 Å². The summed E-state index contributed by atoms with van der Waals surface area (Å²) in [5.41, 5.74) is 1.10. The normalized spacial score (nSPS) is 12.5. The summed E-state index contributed by atoms with van der Waals surface area (Å²) in [5, 5.41) is 3.39. The first-order valence-electron chi connectivity index (χ1n) is 7.95. The van der Waals surface area contributed by atoms with Gasteiger partial charge in [0.05, 0.1) is 20.3 Å². The van der Waals surface area contributed by atoms with E-state index in [-0.39, 0.29) is 0 Å². The molecule has 0 spiro atoms. The number of hydrogen-bond donors (Lipinski definition) is 1. The van der Waals surface area contributed by atoms with Crippen LogP contribution in [-0.2, 0) is 4.74 Å². The molecule has 0 saturated heterocycles. The Kier molecular flexibility index (Phi) is 9.35. The molecule has 0 aromatic heterocycles. The lowest BCUT2D eigenvalue weighted by Gasteiger charge is -2.13. The highest BCUT2D eigenvalue weighted by molar-refractivity contribution is 5.55. The average molecular weight is 307 g/mol. The molecule has 0 heterocycles. The third kappa shape index (κ3) is 6.96. The van der Waals surface area contributed by atoms with Crippen LogP contribution in [0.25, 0.3) is 6.08 Å². The minimum Gasteiger partial charge on any atom is -0.493 e. The van der Waals surface area contributed by atoms with Crippen molar-refractivity contribution in [2.24, 2.45) is 0 Å². The van der Waals surface area contributed by atoms with E-state index in [1.165, 1.54) is 0 Å². The van der Waals surface area contributed by atoms with E-state index in [0.717, 1.165) is 30.0 Å². The van der Waals surface area contributed by atoms with Gasteiger partial charge in [-0.3, -0.25) is 0 Å². The second kappa shape index (κ2) is 11.1. The van der Waals surface area contributed by atoms with E-state index in [4.69, 9.17) is 14.2 Å². The van der Waals surface area contributed by atoms with Crippen LogP contribution >= 0.6 is 0 Å². The molecule has 1 unspecified atom stereocenters. The van der Waals surface area contributed by atoms with Crippen LogP contribution < -0.4 is 14.8 Å². The molecular weight excluding hydrogens is 278 g/mol. The van der Waals surface area contributed by atoms with Crippen LogP contribution in [0.4, 0.5) is 0 Å². The molecule has 124 valence electrons. The van der Waals surface area contributed by atoms with Crippen molar-refractivity contribution >= 4 is 6.08 Å². The molecule has 22 heavy (non-hydrogen) atoms. The first-order valence-corrected chi connectivity index (χ1v) is 7.95. The average Bonchev–Trinajstić information content (AvgIpc) is 2.54. The maximum Gasteiger partial charge on any atom is 0.161 e. The standard InChI is InChI=1S/C18H29NO3/c1-5-7-16-8-9-17(18(14-16)20-4)22-13-12-21-11-10-19-15(3)6-2/h5,7-9,14-15,19H,6,10-13H2,1-4H3. The molecule has 0 amide bonds. The zero-order chi connectivity index (χ0) is 16.2. The largest absolute Gasteiger partial charge is 0.493 e. The second-order valence-corrected chi connectivity index (χ2v) is 5.13. The lowest BCUT2D eigenvalue weighted by atomic mass is 10.2. The van der Waals surface area contributed by atoms with Crippen LogP contribution in [0.5, 0.6) is 11.5 Å². The summed E-state index contributed by atoms with van der Waals surface area (Å²) in [6.45, 7) is 8.99. The highest BCUT2D eigenvalue weighted by atomic mass is 16.5. The van der Waals surface area contributed by atoms with E-state index in [1.807, 2.05) is 37.3 Å². The summed E-state index contributed by atoms with van der Waals surface area (Å²) in [7, 11) is 1.65. The van der Waals surface area contributed by atoms with Gasteiger partial charge >= 0.3 is 0 Å². The molecule has 1 aromatic rings. The number of methoxy groups -OCH3 is 1. The predicted octanol–water partition coefficient (Wildman–Crippen LogP) is 3.51. The van der Waals surface area contributed by atoms with Crippen molar-refractivity contribution in [2.75, 3.05) is 33.5 Å². The minimum atomic E-state index is 0.517. The van der Waals surface area contributed by atoms with Gasteiger partial charge in [0, 0.05) is 12.6 Å². The Morgan fingerprint density at radius 2 is 2.00 bits per heavy atom. The first-order chi connectivity index (χ1) is 10.7. The van der Waals surface area contributed by atoms with Crippen molar-refractivity contribution in [1.29, 1.82) is 0 Å². The van der Waals surface area contributed by atoms with E-state index < -0.39 is 0 Å². The van der Waals surface area contributed by atoms with Gasteiger partial charge in [-0.05, 0) is 38.0 Å². The molecule has 1 atom stereocenters. The second-order valence-electron chi connectivity index (χ2n) is 5.13. The van der Waals surface area contributed by atoms with Crippen LogP contribution in [0.1, 0.15) is 32.8 Å². The minimum absolute atomic E-state index is 0.517. The summed E-state index contributed by atoms with van der Waals surface area (Å²) >= 11 is 0. The molecular formula is C18H29NO3. The van der Waals surface area contributed by atoms with Crippen LogP contribution in [0.2, 0.25) is 0 Å². The van der Waals surface area contributed by atoms with Gasteiger partial charge in [-0.15, -0.1) is 0 Å². The highest BCUT2D eigenvalue weighted by Gasteiger charge is 2.04. The van der Waals surface area contributed by atoms with Crippen LogP contribution in [0.3, 0.4) is 0 Å². The fourth-order valence-electron chi connectivity index (χ4n) is 1.93. The Hall–Kier alpha value is -1.52. The highest BCUT2D eigenvalue weighted by Crippen LogP contribution is 2.28. The summed E-state index contributed by atoms with van der Waals surface area (Å²) in [6.07, 6.45) is 5.16. The monoisotopic (exact) mass is 307 g/mol. The van der Waals surface area contributed by atoms with Gasteiger partial charge in [0.15, 0.2) is 11.5 Å². The fraction of sp³-hybridized carbons (Fsp3) is 0.556. The number of allylic oxidation sites excluding steroid dienone is 1. The third-order valence-electron chi connectivity index (χ3n) is 3.38. The van der Waals surface area contributed by atoms with Crippen molar-refractivity contribution in [3.05, 3.63) is 29.8 Å². The Labute approximate surface area is 134 Å². The van der Waals surface area contributed by atoms with Crippen molar-refractivity contribution in [3.63, 3.8) is 0 Å². The Morgan fingerprint density at radius 1 is 1.18 bits per heavy atom. The van der Waals surface area contributed by atoms with Crippen LogP contribution in [-0.4, -0.2) is 39.5 Å². The number of hydrogen-bond acceptors (Lipinski definition) is 4. The molecule has 0 fully saturated rings. The predicted molar refractivity (Wildman–Crippen MR) is 91.8 cm³/mol. The molecule has 0 aliphatic carbocycles. The number of nitrogens with one attached hydrogen (secondary N) is 1. The lowest BCUT2D eigenvalue weighted by Crippen LogP contribution is -2.29. The van der Waals surface area contributed by atoms with E-state index in [9.17, 15) is 0 Å². The third-order valence-corrected chi connectivity index (χ3v) is 3.38. The molecule has 0 saturated carbocycles. The van der Waals surface area contributed by atoms with Crippen molar-refractivity contribution in [2.45, 2.75) is 33.2 Å². The zero-order valence-electron chi connectivity index (χ0n) is 14.2. The van der Waals surface area contributed by atoms with Gasteiger partial charge in [-0.25, -0.2) is 0 Å². The topological polar surface area (TPSA) is 39.7 Å². The maximum atomic E-state index is 5.72. The quantitative estimate of drug-likeness (QED) is 0.635. The van der Waals surface area contributed by atoms with Gasteiger partial charge in [-0.1, -0.05) is 25.1 Å². The number of rotatable bonds is 11. The smallest absolute Gasteiger partial charge is 0.161 e. The maximum absolute atomic E-state index is 5.72. The first kappa shape index (κ1) is 18.5. The van der Waals surface area contributed by atoms with Gasteiger partial charge in [0.25, 0.3) is 0 Å². The Balaban J connectivity index is 2.27. The van der Waals surface area contributed by atoms with Crippen molar-refractivity contribution in [1.82, 2.24) is 5.32 Å². The molecule has 4 nitrogen and oxygen atoms in total. The van der Waals surface area contributed by atoms with Gasteiger partial charge in [-0.2, -0.15) is 0 Å². The van der Waals surface area contributed by atoms with E-state index in [1.54, 1.807) is 7.11 Å². The fourth-order valence-corrected chi connectivity index (χ4v) is 1.93. The van der Waals surface area contributed by atoms with Gasteiger partial charge in [0.2, 0.25) is 0 Å². The van der Waals surface area contributed by atoms with Crippen LogP contribution in [0, 0.1) is 0 Å². The Morgan fingerprint density at radius 3 is 2.68 bits per heavy atom. The molecule has 1 aromatic carbocycles.